The maximum atomic E-state index is 11.3. The molecule has 0 aliphatic heterocycles. The summed E-state index contributed by atoms with van der Waals surface area (Å²) in [5.74, 6) is -0.874. The Balaban J connectivity index is 4.01. The van der Waals surface area contributed by atoms with E-state index in [9.17, 15) is 9.59 Å². The summed E-state index contributed by atoms with van der Waals surface area (Å²) in [4.78, 5) is 24.9. The Morgan fingerprint density at radius 2 is 2.00 bits per heavy atom. The normalized spacial score (nSPS) is 12.2. The van der Waals surface area contributed by atoms with Crippen LogP contribution in [0.1, 0.15) is 34.1 Å². The number of carbonyl (C=O) groups is 2. The Bertz CT molecular complexity index is 329. The molecule has 0 saturated carbocycles. The first-order valence-electron chi connectivity index (χ1n) is 5.19. The van der Waals surface area contributed by atoms with Gasteiger partial charge in [0.2, 0.25) is 0 Å². The van der Waals surface area contributed by atoms with Crippen molar-refractivity contribution in [1.29, 1.82) is 0 Å². The van der Waals surface area contributed by atoms with Crippen LogP contribution in [0.3, 0.4) is 0 Å². The topological polar surface area (TPSA) is 101 Å². The number of rotatable bonds is 4. The molecule has 0 aromatic carbocycles. The lowest BCUT2D eigenvalue weighted by Gasteiger charge is -2.18. The Kier molecular flexibility index (Phi) is 6.06. The third kappa shape index (κ3) is 9.19. The van der Waals surface area contributed by atoms with Gasteiger partial charge in [-0.15, -0.1) is 0 Å². The molecule has 0 spiro atoms. The molecule has 0 aromatic rings. The molecule has 1 unspecified atom stereocenters. The van der Waals surface area contributed by atoms with Crippen molar-refractivity contribution in [2.45, 2.75) is 39.7 Å². The number of ether oxygens (including phenoxy) is 2. The summed E-state index contributed by atoms with van der Waals surface area (Å²) in [6, 6.07) is 0. The van der Waals surface area contributed by atoms with E-state index in [-0.39, 0.29) is 18.9 Å². The van der Waals surface area contributed by atoms with Gasteiger partial charge in [0.25, 0.3) is 0 Å². The molecule has 0 radical (unpaired) electrons. The van der Waals surface area contributed by atoms with Crippen LogP contribution in [0.15, 0.2) is 5.11 Å². The van der Waals surface area contributed by atoms with Crippen molar-refractivity contribution >= 4 is 12.1 Å². The number of hydrogen-bond acceptors (Lipinski definition) is 5. The van der Waals surface area contributed by atoms with Crippen molar-refractivity contribution in [3.05, 3.63) is 10.4 Å². The van der Waals surface area contributed by atoms with Gasteiger partial charge in [-0.1, -0.05) is 12.0 Å². The van der Waals surface area contributed by atoms with Crippen molar-refractivity contribution in [1.82, 2.24) is 0 Å². The van der Waals surface area contributed by atoms with Crippen molar-refractivity contribution in [2.24, 2.45) is 11.0 Å². The summed E-state index contributed by atoms with van der Waals surface area (Å²) in [5.41, 5.74) is 7.39. The van der Waals surface area contributed by atoms with Gasteiger partial charge in [0.15, 0.2) is 0 Å². The second-order valence-electron chi connectivity index (χ2n) is 4.66. The first-order valence-corrected chi connectivity index (χ1v) is 5.19. The Morgan fingerprint density at radius 3 is 2.47 bits per heavy atom. The molecule has 96 valence electrons. The van der Waals surface area contributed by atoms with Crippen molar-refractivity contribution < 1.29 is 19.1 Å². The van der Waals surface area contributed by atoms with Crippen LogP contribution in [0.5, 0.6) is 0 Å². The average molecular weight is 243 g/mol. The summed E-state index contributed by atoms with van der Waals surface area (Å²) < 4.78 is 9.25. The highest BCUT2D eigenvalue weighted by atomic mass is 16.7. The molecular weight excluding hydrogens is 226 g/mol. The Labute approximate surface area is 99.7 Å². The highest BCUT2D eigenvalue weighted by Gasteiger charge is 2.21. The molecule has 1 atom stereocenters. The highest BCUT2D eigenvalue weighted by molar-refractivity contribution is 5.82. The maximum absolute atomic E-state index is 11.3. The van der Waals surface area contributed by atoms with E-state index in [0.29, 0.717) is 0 Å². The fourth-order valence-electron chi connectivity index (χ4n) is 0.930. The molecule has 0 rings (SSSR count). The van der Waals surface area contributed by atoms with Crippen LogP contribution in [-0.4, -0.2) is 24.3 Å². The number of carbonyl (C=O) groups excluding carboxylic acids is 2. The smallest absolute Gasteiger partial charge is 0.428 e. The summed E-state index contributed by atoms with van der Waals surface area (Å²) >= 11 is 0. The molecule has 0 fully saturated rings. The summed E-state index contributed by atoms with van der Waals surface area (Å²) in [6.07, 6.45) is -1.02. The van der Waals surface area contributed by atoms with Crippen LogP contribution in [-0.2, 0) is 14.3 Å². The minimum absolute atomic E-state index is 0.00172. The minimum atomic E-state index is -1.02. The van der Waals surface area contributed by atoms with Crippen molar-refractivity contribution in [3.63, 3.8) is 0 Å². The van der Waals surface area contributed by atoms with E-state index >= 15 is 0 Å². The van der Waals surface area contributed by atoms with Crippen molar-refractivity contribution in [3.8, 4) is 0 Å². The van der Waals surface area contributed by atoms with E-state index in [0.717, 1.165) is 0 Å². The van der Waals surface area contributed by atoms with Crippen LogP contribution >= 0.6 is 0 Å². The lowest BCUT2D eigenvalue weighted by Crippen LogP contribution is -2.26. The second-order valence-corrected chi connectivity index (χ2v) is 4.66. The van der Waals surface area contributed by atoms with Gasteiger partial charge in [-0.25, -0.2) is 4.79 Å². The molecule has 0 saturated heterocycles. The van der Waals surface area contributed by atoms with E-state index < -0.39 is 17.7 Å². The number of nitrogens with zero attached hydrogens (tertiary/aromatic N) is 3. The monoisotopic (exact) mass is 243 g/mol. The minimum Gasteiger partial charge on any atom is -0.428 e. The molecular formula is C10H17N3O4. The molecule has 0 heterocycles. The molecule has 0 aliphatic rings. The third-order valence-electron chi connectivity index (χ3n) is 1.56. The van der Waals surface area contributed by atoms with Gasteiger partial charge in [-0.05, 0) is 32.2 Å². The van der Waals surface area contributed by atoms with Gasteiger partial charge in [-0.2, -0.15) is 0 Å². The third-order valence-corrected chi connectivity index (χ3v) is 1.56. The van der Waals surface area contributed by atoms with Gasteiger partial charge in [0.1, 0.15) is 5.60 Å². The Morgan fingerprint density at radius 1 is 1.41 bits per heavy atom. The quantitative estimate of drug-likeness (QED) is 0.249. The molecule has 0 bridgehead atoms. The lowest BCUT2D eigenvalue weighted by molar-refractivity contribution is -0.142. The number of azide groups is 1. The molecule has 0 aromatic heterocycles. The summed E-state index contributed by atoms with van der Waals surface area (Å²) in [7, 11) is 0. The molecule has 7 heteroatoms. The zero-order valence-electron chi connectivity index (χ0n) is 10.5. The zero-order chi connectivity index (χ0) is 13.5. The van der Waals surface area contributed by atoms with Gasteiger partial charge >= 0.3 is 12.1 Å². The Hall–Kier alpha value is -1.75. The average Bonchev–Trinajstić information content (AvgIpc) is 2.10. The zero-order valence-corrected chi connectivity index (χ0v) is 10.5. The second kappa shape index (κ2) is 6.75. The van der Waals surface area contributed by atoms with Crippen LogP contribution < -0.4 is 0 Å². The molecule has 7 nitrogen and oxygen atoms in total. The van der Waals surface area contributed by atoms with Crippen LogP contribution in [0.2, 0.25) is 0 Å². The van der Waals surface area contributed by atoms with E-state index in [1.165, 1.54) is 0 Å². The first-order chi connectivity index (χ1) is 7.74. The van der Waals surface area contributed by atoms with Crippen LogP contribution in [0.25, 0.3) is 10.4 Å². The summed E-state index contributed by atoms with van der Waals surface area (Å²) in [5, 5.41) is 3.32. The predicted octanol–water partition coefficient (Wildman–Crippen LogP) is 2.80. The van der Waals surface area contributed by atoms with Crippen molar-refractivity contribution in [2.75, 3.05) is 6.54 Å². The van der Waals surface area contributed by atoms with E-state index in [1.807, 2.05) is 0 Å². The predicted molar refractivity (Wildman–Crippen MR) is 60.1 cm³/mol. The molecule has 0 N–H and O–H groups in total. The van der Waals surface area contributed by atoms with E-state index in [2.05, 4.69) is 14.8 Å². The maximum Gasteiger partial charge on any atom is 0.516 e. The number of hydrogen-bond donors (Lipinski definition) is 0. The molecule has 0 amide bonds. The van der Waals surface area contributed by atoms with Crippen LogP contribution in [0, 0.1) is 5.92 Å². The van der Waals surface area contributed by atoms with Gasteiger partial charge in [0, 0.05) is 17.9 Å². The lowest BCUT2D eigenvalue weighted by atomic mass is 10.1. The molecule has 17 heavy (non-hydrogen) atoms. The van der Waals surface area contributed by atoms with E-state index in [1.54, 1.807) is 27.7 Å². The highest BCUT2D eigenvalue weighted by Crippen LogP contribution is 2.10. The fourth-order valence-corrected chi connectivity index (χ4v) is 0.930. The number of esters is 1. The van der Waals surface area contributed by atoms with Gasteiger partial charge < -0.3 is 9.47 Å². The van der Waals surface area contributed by atoms with Crippen LogP contribution in [0.4, 0.5) is 4.79 Å². The molecule has 0 aliphatic carbocycles. The standard InChI is InChI=1S/C10H17N3O4/c1-7(6-12-13-11)5-8(14)16-9(15)17-10(2,3)4/h7H,5-6H2,1-4H3. The van der Waals surface area contributed by atoms with E-state index in [4.69, 9.17) is 10.3 Å². The SMILES string of the molecule is CC(CN=[N+]=[N-])CC(=O)OC(=O)OC(C)(C)C. The first kappa shape index (κ1) is 15.2. The van der Waals surface area contributed by atoms with Gasteiger partial charge in [0.05, 0.1) is 0 Å². The van der Waals surface area contributed by atoms with Gasteiger partial charge in [-0.3, -0.25) is 4.79 Å². The summed E-state index contributed by atoms with van der Waals surface area (Å²) in [6.45, 7) is 6.90. The largest absolute Gasteiger partial charge is 0.516 e. The fraction of sp³-hybridized carbons (Fsp3) is 0.800.